The first kappa shape index (κ1) is 12.2. The molecule has 3 rings (SSSR count). The third kappa shape index (κ3) is 2.45. The Balaban J connectivity index is 1.75. The van der Waals surface area contributed by atoms with Gasteiger partial charge in [-0.05, 0) is 17.7 Å². The molecule has 0 bridgehead atoms. The van der Waals surface area contributed by atoms with Gasteiger partial charge in [-0.1, -0.05) is 17.4 Å². The monoisotopic (exact) mass is 269 g/mol. The Morgan fingerprint density at radius 1 is 1.15 bits per heavy atom. The van der Waals surface area contributed by atoms with Crippen LogP contribution in [0.25, 0.3) is 11.2 Å². The van der Waals surface area contributed by atoms with Gasteiger partial charge in [0.15, 0.2) is 5.65 Å². The van der Waals surface area contributed by atoms with E-state index >= 15 is 0 Å². The average Bonchev–Trinajstić information content (AvgIpc) is 2.97. The van der Waals surface area contributed by atoms with E-state index in [2.05, 4.69) is 35.7 Å². The van der Waals surface area contributed by atoms with Gasteiger partial charge in [0.05, 0.1) is 18.6 Å². The van der Waals surface area contributed by atoms with Crippen LogP contribution in [0.4, 0.5) is 11.5 Å². The van der Waals surface area contributed by atoms with Gasteiger partial charge in [-0.2, -0.15) is 0 Å². The molecule has 0 unspecified atom stereocenters. The van der Waals surface area contributed by atoms with Gasteiger partial charge in [0.1, 0.15) is 11.8 Å². The van der Waals surface area contributed by atoms with Crippen LogP contribution < -0.4 is 5.43 Å². The highest BCUT2D eigenvalue weighted by molar-refractivity contribution is 5.79. The number of rotatable bonds is 4. The second-order valence-electron chi connectivity index (χ2n) is 3.97. The lowest BCUT2D eigenvalue weighted by molar-refractivity contribution is 0.282. The first-order valence-electron chi connectivity index (χ1n) is 5.87. The van der Waals surface area contributed by atoms with Gasteiger partial charge in [0.2, 0.25) is 5.82 Å². The van der Waals surface area contributed by atoms with E-state index in [0.29, 0.717) is 17.0 Å². The van der Waals surface area contributed by atoms with Gasteiger partial charge in [0, 0.05) is 0 Å². The van der Waals surface area contributed by atoms with Crippen LogP contribution in [0, 0.1) is 0 Å². The number of hydrogen-bond acceptors (Lipinski definition) is 6. The molecule has 2 aromatic heterocycles. The minimum absolute atomic E-state index is 0.0144. The molecule has 0 aliphatic carbocycles. The molecule has 0 aliphatic rings. The molecule has 0 spiro atoms. The maximum absolute atomic E-state index is 8.95. The highest BCUT2D eigenvalue weighted by Crippen LogP contribution is 2.18. The van der Waals surface area contributed by atoms with Gasteiger partial charge in [-0.3, -0.25) is 5.43 Å². The van der Waals surface area contributed by atoms with Crippen molar-refractivity contribution in [2.24, 2.45) is 10.3 Å². The molecule has 0 aliphatic heterocycles. The predicted octanol–water partition coefficient (Wildman–Crippen LogP) is 1.96. The molecule has 0 radical (unpaired) electrons. The standard InChI is InChI=1S/C12H11N7O/c20-5-8-1-3-9(4-2-8)17-19-18-12-10-11(14-6-13-10)15-7-16-12/h1-4,6-7,20H,5H2,(H2,13,14,15,16,17,18). The second kappa shape index (κ2) is 5.41. The summed E-state index contributed by atoms with van der Waals surface area (Å²) in [5, 5.41) is 16.8. The topological polar surface area (TPSA) is 111 Å². The van der Waals surface area contributed by atoms with Crippen LogP contribution in [0.1, 0.15) is 5.56 Å². The molecule has 0 saturated carbocycles. The number of nitrogens with one attached hydrogen (secondary N) is 2. The zero-order chi connectivity index (χ0) is 13.8. The number of anilines is 1. The zero-order valence-corrected chi connectivity index (χ0v) is 10.4. The summed E-state index contributed by atoms with van der Waals surface area (Å²) < 4.78 is 0. The molecule has 8 heteroatoms. The molecular formula is C12H11N7O. The number of H-pyrrole nitrogens is 1. The van der Waals surface area contributed by atoms with Gasteiger partial charge in [-0.25, -0.2) is 15.0 Å². The fourth-order valence-corrected chi connectivity index (χ4v) is 1.64. The van der Waals surface area contributed by atoms with Crippen LogP contribution in [0.3, 0.4) is 0 Å². The SMILES string of the molecule is OCc1ccc(NN=Nc2ncnc3nc[nH]c23)cc1. The summed E-state index contributed by atoms with van der Waals surface area (Å²) in [7, 11) is 0. The van der Waals surface area contributed by atoms with Crippen molar-refractivity contribution < 1.29 is 5.11 Å². The average molecular weight is 269 g/mol. The van der Waals surface area contributed by atoms with E-state index in [1.54, 1.807) is 24.3 Å². The molecule has 2 heterocycles. The van der Waals surface area contributed by atoms with E-state index in [1.165, 1.54) is 12.7 Å². The second-order valence-corrected chi connectivity index (χ2v) is 3.97. The molecule has 3 N–H and O–H groups in total. The van der Waals surface area contributed by atoms with E-state index in [-0.39, 0.29) is 6.61 Å². The smallest absolute Gasteiger partial charge is 0.205 e. The lowest BCUT2D eigenvalue weighted by Gasteiger charge is -2.00. The molecule has 0 atom stereocenters. The van der Waals surface area contributed by atoms with E-state index in [9.17, 15) is 0 Å². The fourth-order valence-electron chi connectivity index (χ4n) is 1.64. The lowest BCUT2D eigenvalue weighted by Crippen LogP contribution is -1.88. The van der Waals surface area contributed by atoms with Gasteiger partial charge >= 0.3 is 0 Å². The summed E-state index contributed by atoms with van der Waals surface area (Å²) in [4.78, 5) is 14.9. The Hall–Kier alpha value is -2.87. The maximum Gasteiger partial charge on any atom is 0.205 e. The molecule has 0 fully saturated rings. The van der Waals surface area contributed by atoms with Gasteiger partial charge in [0.25, 0.3) is 0 Å². The lowest BCUT2D eigenvalue weighted by atomic mass is 10.2. The Labute approximate surface area is 113 Å². The summed E-state index contributed by atoms with van der Waals surface area (Å²) in [6.07, 6.45) is 2.91. The van der Waals surface area contributed by atoms with Crippen LogP contribution in [0.2, 0.25) is 0 Å². The van der Waals surface area contributed by atoms with Crippen molar-refractivity contribution in [3.05, 3.63) is 42.5 Å². The van der Waals surface area contributed by atoms with E-state index in [0.717, 1.165) is 11.3 Å². The zero-order valence-electron chi connectivity index (χ0n) is 10.4. The highest BCUT2D eigenvalue weighted by atomic mass is 16.3. The summed E-state index contributed by atoms with van der Waals surface area (Å²) in [5.74, 6) is 0.409. The predicted molar refractivity (Wildman–Crippen MR) is 72.2 cm³/mol. The number of aliphatic hydroxyl groups is 1. The largest absolute Gasteiger partial charge is 0.392 e. The number of benzene rings is 1. The molecule has 0 saturated heterocycles. The number of aromatic nitrogens is 4. The van der Waals surface area contributed by atoms with Crippen molar-refractivity contribution in [2.75, 3.05) is 5.43 Å². The Morgan fingerprint density at radius 2 is 2.00 bits per heavy atom. The summed E-state index contributed by atoms with van der Waals surface area (Å²) in [5.41, 5.74) is 5.56. The number of fused-ring (bicyclic) bond motifs is 1. The van der Waals surface area contributed by atoms with Crippen molar-refractivity contribution in [2.45, 2.75) is 6.61 Å². The number of imidazole rings is 1. The number of aliphatic hydroxyl groups excluding tert-OH is 1. The molecule has 20 heavy (non-hydrogen) atoms. The molecule has 3 aromatic rings. The van der Waals surface area contributed by atoms with Gasteiger partial charge in [-0.15, -0.1) is 5.11 Å². The third-order valence-corrected chi connectivity index (χ3v) is 2.66. The van der Waals surface area contributed by atoms with Crippen molar-refractivity contribution in [1.29, 1.82) is 0 Å². The van der Waals surface area contributed by atoms with Crippen molar-refractivity contribution >= 4 is 22.7 Å². The number of nitrogens with zero attached hydrogens (tertiary/aromatic N) is 5. The van der Waals surface area contributed by atoms with Crippen LogP contribution in [0.15, 0.2) is 47.3 Å². The van der Waals surface area contributed by atoms with Crippen molar-refractivity contribution in [3.63, 3.8) is 0 Å². The number of hydrogen-bond donors (Lipinski definition) is 3. The Kier molecular flexibility index (Phi) is 3.29. The van der Waals surface area contributed by atoms with E-state index in [1.807, 2.05) is 0 Å². The van der Waals surface area contributed by atoms with Crippen LogP contribution in [0.5, 0.6) is 0 Å². The normalized spacial score (nSPS) is 11.2. The first-order chi connectivity index (χ1) is 9.86. The van der Waals surface area contributed by atoms with E-state index < -0.39 is 0 Å². The number of aromatic amines is 1. The van der Waals surface area contributed by atoms with Crippen LogP contribution >= 0.6 is 0 Å². The molecule has 8 nitrogen and oxygen atoms in total. The molecular weight excluding hydrogens is 258 g/mol. The van der Waals surface area contributed by atoms with Crippen LogP contribution in [-0.4, -0.2) is 25.0 Å². The summed E-state index contributed by atoms with van der Waals surface area (Å²) >= 11 is 0. The third-order valence-electron chi connectivity index (χ3n) is 2.66. The highest BCUT2D eigenvalue weighted by Gasteiger charge is 2.03. The van der Waals surface area contributed by atoms with Gasteiger partial charge < -0.3 is 10.1 Å². The molecule has 1 aromatic carbocycles. The van der Waals surface area contributed by atoms with E-state index in [4.69, 9.17) is 5.11 Å². The molecule has 0 amide bonds. The fraction of sp³-hybridized carbons (Fsp3) is 0.0833. The van der Waals surface area contributed by atoms with Crippen molar-refractivity contribution in [1.82, 2.24) is 19.9 Å². The summed E-state index contributed by atoms with van der Waals surface area (Å²) in [6, 6.07) is 7.21. The molecule has 100 valence electrons. The Morgan fingerprint density at radius 3 is 2.80 bits per heavy atom. The minimum Gasteiger partial charge on any atom is -0.392 e. The minimum atomic E-state index is 0.0144. The maximum atomic E-state index is 8.95. The summed E-state index contributed by atoms with van der Waals surface area (Å²) in [6.45, 7) is 0.0144. The quantitative estimate of drug-likeness (QED) is 0.495. The first-order valence-corrected chi connectivity index (χ1v) is 5.87. The van der Waals surface area contributed by atoms with Crippen LogP contribution in [-0.2, 0) is 6.61 Å². The Bertz CT molecular complexity index is 735. The van der Waals surface area contributed by atoms with Crippen molar-refractivity contribution in [3.8, 4) is 0 Å².